The summed E-state index contributed by atoms with van der Waals surface area (Å²) in [5, 5.41) is 14.2. The summed E-state index contributed by atoms with van der Waals surface area (Å²) >= 11 is 0. The lowest BCUT2D eigenvalue weighted by Gasteiger charge is -2.32. The number of benzene rings is 1. The lowest BCUT2D eigenvalue weighted by Crippen LogP contribution is -2.44. The van der Waals surface area contributed by atoms with Gasteiger partial charge in [-0.05, 0) is 25.0 Å². The average molecular weight is 280 g/mol. The van der Waals surface area contributed by atoms with Gasteiger partial charge in [-0.15, -0.1) is 0 Å². The minimum Gasteiger partial charge on any atom is -0.373 e. The number of nitrogens with two attached hydrogens (primary N) is 2. The first-order chi connectivity index (χ1) is 9.39. The van der Waals surface area contributed by atoms with Gasteiger partial charge in [-0.3, -0.25) is 14.9 Å². The summed E-state index contributed by atoms with van der Waals surface area (Å²) in [6.45, 7) is 4.23. The van der Waals surface area contributed by atoms with Gasteiger partial charge in [0.05, 0.1) is 4.92 Å². The van der Waals surface area contributed by atoms with Crippen molar-refractivity contribution in [2.45, 2.75) is 32.2 Å². The summed E-state index contributed by atoms with van der Waals surface area (Å²) in [7, 11) is 0. The van der Waals surface area contributed by atoms with E-state index in [0.29, 0.717) is 19.4 Å². The summed E-state index contributed by atoms with van der Waals surface area (Å²) in [6.07, 6.45) is 1.41. The number of amides is 1. The molecule has 0 aromatic heterocycles. The highest BCUT2D eigenvalue weighted by Gasteiger charge is 2.27. The van der Waals surface area contributed by atoms with Gasteiger partial charge in [-0.25, -0.2) is 0 Å². The van der Waals surface area contributed by atoms with Crippen molar-refractivity contribution in [1.82, 2.24) is 0 Å². The van der Waals surface area contributed by atoms with Gasteiger partial charge in [0.2, 0.25) is 5.91 Å². The highest BCUT2D eigenvalue weighted by atomic mass is 16.6. The van der Waals surface area contributed by atoms with Crippen LogP contribution >= 0.6 is 0 Å². The van der Waals surface area contributed by atoms with E-state index < -0.39 is 16.4 Å². The Bertz CT molecular complexity index is 504. The van der Waals surface area contributed by atoms with E-state index in [1.165, 1.54) is 18.2 Å². The largest absolute Gasteiger partial charge is 0.373 e. The van der Waals surface area contributed by atoms with Gasteiger partial charge in [0.1, 0.15) is 5.69 Å². The highest BCUT2D eigenvalue weighted by molar-refractivity contribution is 5.94. The van der Waals surface area contributed by atoms with Crippen LogP contribution in [0.5, 0.6) is 0 Å². The summed E-state index contributed by atoms with van der Waals surface area (Å²) in [4.78, 5) is 21.8. The van der Waals surface area contributed by atoms with Crippen molar-refractivity contribution in [3.8, 4) is 0 Å². The number of hydrogen-bond donors (Lipinski definition) is 3. The maximum atomic E-state index is 11.2. The molecule has 0 saturated heterocycles. The van der Waals surface area contributed by atoms with Crippen molar-refractivity contribution >= 4 is 17.3 Å². The molecule has 1 aromatic rings. The average Bonchev–Trinajstić information content (AvgIpc) is 2.44. The minimum atomic E-state index is -0.630. The molecule has 110 valence electrons. The molecule has 1 rings (SSSR count). The lowest BCUT2D eigenvalue weighted by molar-refractivity contribution is -0.384. The molecule has 1 aromatic carbocycles. The van der Waals surface area contributed by atoms with Crippen LogP contribution < -0.4 is 16.8 Å². The van der Waals surface area contributed by atoms with E-state index in [9.17, 15) is 14.9 Å². The Morgan fingerprint density at radius 2 is 2.00 bits per heavy atom. The first kappa shape index (κ1) is 15.9. The van der Waals surface area contributed by atoms with Gasteiger partial charge >= 0.3 is 0 Å². The van der Waals surface area contributed by atoms with E-state index in [-0.39, 0.29) is 16.9 Å². The Labute approximate surface area is 117 Å². The van der Waals surface area contributed by atoms with Gasteiger partial charge in [-0.2, -0.15) is 0 Å². The molecule has 5 N–H and O–H groups in total. The number of hydrogen-bond acceptors (Lipinski definition) is 5. The molecule has 7 nitrogen and oxygen atoms in total. The third-order valence-corrected chi connectivity index (χ3v) is 3.62. The minimum absolute atomic E-state index is 0.102. The standard InChI is InChI=1S/C13H20N4O3/c1-3-13(4-2,8-14)16-10-7-9(12(15)18)5-6-11(10)17(19)20/h5-7,16H,3-4,8,14H2,1-2H3,(H2,15,18). The third kappa shape index (κ3) is 3.24. The molecule has 0 heterocycles. The van der Waals surface area contributed by atoms with Crippen LogP contribution in [0.25, 0.3) is 0 Å². The second kappa shape index (κ2) is 6.33. The van der Waals surface area contributed by atoms with Crippen LogP contribution in [0.15, 0.2) is 18.2 Å². The summed E-state index contributed by atoms with van der Waals surface area (Å²) in [5.74, 6) is -0.630. The normalized spacial score (nSPS) is 11.2. The van der Waals surface area contributed by atoms with E-state index in [1.54, 1.807) is 0 Å². The number of nitrogens with zero attached hydrogens (tertiary/aromatic N) is 1. The van der Waals surface area contributed by atoms with Crippen molar-refractivity contribution in [1.29, 1.82) is 0 Å². The van der Waals surface area contributed by atoms with E-state index in [4.69, 9.17) is 11.5 Å². The van der Waals surface area contributed by atoms with Crippen LogP contribution in [-0.4, -0.2) is 22.9 Å². The Balaban J connectivity index is 3.29. The molecule has 0 aliphatic carbocycles. The van der Waals surface area contributed by atoms with Gasteiger partial charge in [0, 0.05) is 23.7 Å². The van der Waals surface area contributed by atoms with Crippen molar-refractivity contribution in [2.75, 3.05) is 11.9 Å². The molecule has 0 fully saturated rings. The Hall–Kier alpha value is -2.15. The number of anilines is 1. The zero-order valence-corrected chi connectivity index (χ0v) is 11.7. The Morgan fingerprint density at radius 3 is 2.40 bits per heavy atom. The zero-order valence-electron chi connectivity index (χ0n) is 11.7. The number of nitro benzene ring substituents is 1. The summed E-state index contributed by atoms with van der Waals surface area (Å²) in [6, 6.07) is 4.01. The van der Waals surface area contributed by atoms with Crippen LogP contribution in [0.4, 0.5) is 11.4 Å². The fraction of sp³-hybridized carbons (Fsp3) is 0.462. The van der Waals surface area contributed by atoms with Crippen molar-refractivity contribution < 1.29 is 9.72 Å². The smallest absolute Gasteiger partial charge is 0.292 e. The summed E-state index contributed by atoms with van der Waals surface area (Å²) in [5.41, 5.74) is 10.9. The first-order valence-corrected chi connectivity index (χ1v) is 6.45. The number of nitrogens with one attached hydrogen (secondary N) is 1. The fourth-order valence-electron chi connectivity index (χ4n) is 2.00. The number of rotatable bonds is 7. The number of carbonyl (C=O) groups excluding carboxylic acids is 1. The predicted molar refractivity (Wildman–Crippen MR) is 77.6 cm³/mol. The second-order valence-corrected chi connectivity index (χ2v) is 4.67. The van der Waals surface area contributed by atoms with E-state index in [0.717, 1.165) is 0 Å². The Kier molecular flexibility index (Phi) is 5.04. The molecule has 0 radical (unpaired) electrons. The third-order valence-electron chi connectivity index (χ3n) is 3.62. The number of nitro groups is 1. The second-order valence-electron chi connectivity index (χ2n) is 4.67. The quantitative estimate of drug-likeness (QED) is 0.517. The molecule has 0 atom stereocenters. The molecule has 0 aliphatic heterocycles. The molecule has 0 aliphatic rings. The fourth-order valence-corrected chi connectivity index (χ4v) is 2.00. The maximum absolute atomic E-state index is 11.2. The lowest BCUT2D eigenvalue weighted by atomic mass is 9.92. The van der Waals surface area contributed by atoms with Gasteiger partial charge in [-0.1, -0.05) is 13.8 Å². The predicted octanol–water partition coefficient (Wildman–Crippen LogP) is 1.62. The topological polar surface area (TPSA) is 124 Å². The zero-order chi connectivity index (χ0) is 15.3. The van der Waals surface area contributed by atoms with Crippen LogP contribution in [0, 0.1) is 10.1 Å². The molecular weight excluding hydrogens is 260 g/mol. The molecule has 0 saturated carbocycles. The van der Waals surface area contributed by atoms with Crippen LogP contribution in [0.1, 0.15) is 37.0 Å². The molecule has 20 heavy (non-hydrogen) atoms. The van der Waals surface area contributed by atoms with E-state index in [2.05, 4.69) is 5.32 Å². The van der Waals surface area contributed by atoms with Crippen molar-refractivity contribution in [2.24, 2.45) is 11.5 Å². The monoisotopic (exact) mass is 280 g/mol. The van der Waals surface area contributed by atoms with Crippen LogP contribution in [-0.2, 0) is 0 Å². The van der Waals surface area contributed by atoms with Gasteiger partial charge in [0.15, 0.2) is 0 Å². The number of primary amides is 1. The van der Waals surface area contributed by atoms with Crippen LogP contribution in [0.2, 0.25) is 0 Å². The summed E-state index contributed by atoms with van der Waals surface area (Å²) < 4.78 is 0. The van der Waals surface area contributed by atoms with Gasteiger partial charge < -0.3 is 16.8 Å². The maximum Gasteiger partial charge on any atom is 0.292 e. The highest BCUT2D eigenvalue weighted by Crippen LogP contribution is 2.30. The molecular formula is C13H20N4O3. The van der Waals surface area contributed by atoms with Crippen molar-refractivity contribution in [3.05, 3.63) is 33.9 Å². The number of carbonyl (C=O) groups is 1. The molecule has 7 heteroatoms. The molecule has 1 amide bonds. The van der Waals surface area contributed by atoms with E-state index >= 15 is 0 Å². The van der Waals surface area contributed by atoms with E-state index in [1.807, 2.05) is 13.8 Å². The molecule has 0 spiro atoms. The Morgan fingerprint density at radius 1 is 1.40 bits per heavy atom. The molecule has 0 bridgehead atoms. The SMILES string of the molecule is CCC(CC)(CN)Nc1cc(C(N)=O)ccc1[N+](=O)[O-]. The van der Waals surface area contributed by atoms with Crippen LogP contribution in [0.3, 0.4) is 0 Å². The van der Waals surface area contributed by atoms with Crippen molar-refractivity contribution in [3.63, 3.8) is 0 Å². The van der Waals surface area contributed by atoms with Gasteiger partial charge in [0.25, 0.3) is 5.69 Å². The molecule has 0 unspecified atom stereocenters. The first-order valence-electron chi connectivity index (χ1n) is 6.45.